The molecule has 2 amide bonds. The molecule has 5 aliphatic rings. The minimum absolute atomic E-state index is 0.100. The summed E-state index contributed by atoms with van der Waals surface area (Å²) in [5, 5.41) is 6.27. The van der Waals surface area contributed by atoms with Gasteiger partial charge in [0.1, 0.15) is 0 Å². The lowest BCUT2D eigenvalue weighted by Gasteiger charge is -2.64. The van der Waals surface area contributed by atoms with Gasteiger partial charge in [-0.3, -0.25) is 9.59 Å². The summed E-state index contributed by atoms with van der Waals surface area (Å²) < 4.78 is 0. The number of hydrogen-bond donors (Lipinski definition) is 2. The third kappa shape index (κ3) is 3.05. The van der Waals surface area contributed by atoms with E-state index in [-0.39, 0.29) is 23.1 Å². The molecule has 0 aliphatic heterocycles. The first kappa shape index (κ1) is 18.2. The molecule has 1 aromatic rings. The van der Waals surface area contributed by atoms with Crippen LogP contribution in [0.1, 0.15) is 70.8 Å². The quantitative estimate of drug-likeness (QED) is 0.747. The lowest BCUT2D eigenvalue weighted by Crippen LogP contribution is -2.58. The highest BCUT2D eigenvalue weighted by atomic mass is 16.2. The molecule has 5 aliphatic carbocycles. The molecule has 5 saturated carbocycles. The molecule has 1 aromatic carbocycles. The van der Waals surface area contributed by atoms with Gasteiger partial charge >= 0.3 is 0 Å². The largest absolute Gasteiger partial charge is 0.326 e. The highest BCUT2D eigenvalue weighted by Crippen LogP contribution is 2.69. The molecule has 0 saturated heterocycles. The number of rotatable bonds is 4. The fraction of sp³-hybridized carbons (Fsp3) is 0.667. The van der Waals surface area contributed by atoms with E-state index in [2.05, 4.69) is 24.5 Å². The van der Waals surface area contributed by atoms with Gasteiger partial charge in [-0.1, -0.05) is 19.9 Å². The zero-order valence-corrected chi connectivity index (χ0v) is 17.4. The molecule has 28 heavy (non-hydrogen) atoms. The summed E-state index contributed by atoms with van der Waals surface area (Å²) in [6.07, 6.45) is 8.92. The van der Waals surface area contributed by atoms with Crippen molar-refractivity contribution in [2.75, 3.05) is 10.6 Å². The normalized spacial score (nSPS) is 38.3. The summed E-state index contributed by atoms with van der Waals surface area (Å²) >= 11 is 0. The molecule has 5 fully saturated rings. The summed E-state index contributed by atoms with van der Waals surface area (Å²) in [4.78, 5) is 25.7. The van der Waals surface area contributed by atoms with Crippen LogP contribution in [0.3, 0.4) is 0 Å². The Hall–Kier alpha value is -1.84. The molecular weight excluding hydrogens is 348 g/mol. The third-order valence-electron chi connectivity index (χ3n) is 7.81. The van der Waals surface area contributed by atoms with Crippen LogP contribution in [0.4, 0.5) is 11.4 Å². The predicted octanol–water partition coefficient (Wildman–Crippen LogP) is 5.28. The maximum Gasteiger partial charge on any atom is 0.230 e. The van der Waals surface area contributed by atoms with Crippen molar-refractivity contribution in [2.45, 2.75) is 72.1 Å². The molecule has 4 bridgehead atoms. The smallest absolute Gasteiger partial charge is 0.230 e. The van der Waals surface area contributed by atoms with Gasteiger partial charge in [0.15, 0.2) is 0 Å². The minimum atomic E-state index is -0.220. The van der Waals surface area contributed by atoms with E-state index in [1.165, 1.54) is 19.3 Å². The Kier molecular flexibility index (Phi) is 3.80. The van der Waals surface area contributed by atoms with Gasteiger partial charge in [-0.2, -0.15) is 0 Å². The maximum atomic E-state index is 13.6. The van der Waals surface area contributed by atoms with E-state index in [0.29, 0.717) is 16.7 Å². The van der Waals surface area contributed by atoms with Crippen LogP contribution in [0, 0.1) is 35.0 Å². The molecule has 4 nitrogen and oxygen atoms in total. The van der Waals surface area contributed by atoms with Crippen molar-refractivity contribution in [3.8, 4) is 0 Å². The molecule has 6 rings (SSSR count). The number of nitrogens with one attached hydrogen (secondary N) is 2. The number of amides is 2. The van der Waals surface area contributed by atoms with Crippen molar-refractivity contribution in [2.24, 2.45) is 28.1 Å². The highest BCUT2D eigenvalue weighted by Gasteiger charge is 2.62. The van der Waals surface area contributed by atoms with E-state index >= 15 is 0 Å². The van der Waals surface area contributed by atoms with Gasteiger partial charge in [0, 0.05) is 17.3 Å². The zero-order valence-electron chi connectivity index (χ0n) is 17.4. The average molecular weight is 381 g/mol. The molecule has 0 heterocycles. The second-order valence-corrected chi connectivity index (χ2v) is 11.2. The Labute approximate surface area is 167 Å². The Morgan fingerprint density at radius 1 is 0.964 bits per heavy atom. The topological polar surface area (TPSA) is 58.2 Å². The van der Waals surface area contributed by atoms with E-state index in [1.54, 1.807) is 0 Å². The molecule has 0 aromatic heterocycles. The van der Waals surface area contributed by atoms with Gasteiger partial charge in [-0.05, 0) is 92.7 Å². The van der Waals surface area contributed by atoms with Gasteiger partial charge in [0.25, 0.3) is 0 Å². The van der Waals surface area contributed by atoms with Crippen LogP contribution in [0.15, 0.2) is 18.2 Å². The number of benzene rings is 1. The predicted molar refractivity (Wildman–Crippen MR) is 111 cm³/mol. The van der Waals surface area contributed by atoms with Crippen molar-refractivity contribution in [3.63, 3.8) is 0 Å². The summed E-state index contributed by atoms with van der Waals surface area (Å²) in [5.41, 5.74) is 3.08. The van der Waals surface area contributed by atoms with Crippen LogP contribution in [0.5, 0.6) is 0 Å². The summed E-state index contributed by atoms with van der Waals surface area (Å²) in [7, 11) is 0. The lowest BCUT2D eigenvalue weighted by molar-refractivity contribution is -0.165. The van der Waals surface area contributed by atoms with Gasteiger partial charge in [-0.15, -0.1) is 0 Å². The van der Waals surface area contributed by atoms with Crippen molar-refractivity contribution >= 4 is 23.2 Å². The van der Waals surface area contributed by atoms with Crippen molar-refractivity contribution < 1.29 is 9.59 Å². The van der Waals surface area contributed by atoms with E-state index in [9.17, 15) is 9.59 Å². The van der Waals surface area contributed by atoms with Crippen molar-refractivity contribution in [3.05, 3.63) is 23.8 Å². The second-order valence-electron chi connectivity index (χ2n) is 11.2. The van der Waals surface area contributed by atoms with Gasteiger partial charge < -0.3 is 10.6 Å². The summed E-state index contributed by atoms with van der Waals surface area (Å²) in [6.45, 7) is 6.82. The van der Waals surface area contributed by atoms with Gasteiger partial charge in [0.05, 0.1) is 5.41 Å². The number of hydrogen-bond acceptors (Lipinski definition) is 2. The van der Waals surface area contributed by atoms with Crippen molar-refractivity contribution in [1.29, 1.82) is 0 Å². The van der Waals surface area contributed by atoms with E-state index in [4.69, 9.17) is 0 Å². The molecule has 150 valence electrons. The van der Waals surface area contributed by atoms with Crippen LogP contribution >= 0.6 is 0 Å². The van der Waals surface area contributed by atoms with Crippen LogP contribution in [-0.4, -0.2) is 11.8 Å². The fourth-order valence-corrected chi connectivity index (χ4v) is 7.38. The van der Waals surface area contributed by atoms with E-state index < -0.39 is 0 Å². The number of carbonyl (C=O) groups is 2. The van der Waals surface area contributed by atoms with Crippen LogP contribution < -0.4 is 10.6 Å². The van der Waals surface area contributed by atoms with Crippen LogP contribution in [0.25, 0.3) is 0 Å². The molecular formula is C24H32N2O2. The van der Waals surface area contributed by atoms with Crippen LogP contribution in [-0.2, 0) is 9.59 Å². The molecule has 0 radical (unpaired) electrons. The number of carbonyl (C=O) groups excluding carboxylic acids is 2. The molecule has 2 N–H and O–H groups in total. The Bertz CT molecular complexity index is 838. The SMILES string of the molecule is Cc1ccc(NC(=O)C2CC2)cc1NC(=O)C12CC3CC(C)(CC(C)(C3)C1)C2. The summed E-state index contributed by atoms with van der Waals surface area (Å²) in [5.74, 6) is 1.17. The molecule has 2 unspecified atom stereocenters. The second kappa shape index (κ2) is 5.84. The first-order valence-electron chi connectivity index (χ1n) is 10.9. The van der Waals surface area contributed by atoms with E-state index in [0.717, 1.165) is 49.0 Å². The standard InChI is InChI=1S/C24H32N2O2/c1-15-4-7-18(25-20(27)17-5-6-17)8-19(15)26-21(28)24-11-16-9-22(2,13-24)12-23(3,10-16)14-24/h4,7-8,16-17H,5-6,9-14H2,1-3H3,(H,25,27)(H,26,28). The zero-order chi connectivity index (χ0) is 19.7. The molecule has 0 spiro atoms. The Balaban J connectivity index is 1.37. The third-order valence-corrected chi connectivity index (χ3v) is 7.81. The Morgan fingerprint density at radius 3 is 2.25 bits per heavy atom. The minimum Gasteiger partial charge on any atom is -0.326 e. The van der Waals surface area contributed by atoms with E-state index in [1.807, 2.05) is 25.1 Å². The van der Waals surface area contributed by atoms with Gasteiger partial charge in [-0.25, -0.2) is 0 Å². The first-order chi connectivity index (χ1) is 13.2. The average Bonchev–Trinajstić information content (AvgIpc) is 3.39. The summed E-state index contributed by atoms with van der Waals surface area (Å²) in [6, 6.07) is 5.84. The molecule has 4 heteroatoms. The van der Waals surface area contributed by atoms with Crippen LogP contribution in [0.2, 0.25) is 0 Å². The maximum absolute atomic E-state index is 13.6. The highest BCUT2D eigenvalue weighted by molar-refractivity contribution is 5.98. The van der Waals surface area contributed by atoms with Crippen molar-refractivity contribution in [1.82, 2.24) is 0 Å². The Morgan fingerprint density at radius 2 is 1.64 bits per heavy atom. The number of anilines is 2. The van der Waals surface area contributed by atoms with Gasteiger partial charge in [0.2, 0.25) is 11.8 Å². The fourth-order valence-electron chi connectivity index (χ4n) is 7.38. The monoisotopic (exact) mass is 380 g/mol. The molecule has 2 atom stereocenters. The lowest BCUT2D eigenvalue weighted by atomic mass is 9.40. The number of aryl methyl sites for hydroxylation is 1. The first-order valence-corrected chi connectivity index (χ1v) is 10.9.